The molecule has 0 N–H and O–H groups in total. The van der Waals surface area contributed by atoms with E-state index in [4.69, 9.17) is 4.74 Å². The van der Waals surface area contributed by atoms with Crippen molar-refractivity contribution < 1.29 is 9.53 Å². The van der Waals surface area contributed by atoms with E-state index in [1.54, 1.807) is 19.1 Å². The van der Waals surface area contributed by atoms with E-state index < -0.39 is 0 Å². The molecule has 1 unspecified atom stereocenters. The summed E-state index contributed by atoms with van der Waals surface area (Å²) < 4.78 is 5.01. The van der Waals surface area contributed by atoms with Gasteiger partial charge in [0.1, 0.15) is 0 Å². The van der Waals surface area contributed by atoms with Crippen LogP contribution in [0.4, 0.5) is 11.4 Å². The lowest BCUT2D eigenvalue weighted by molar-refractivity contribution is 0.0526. The van der Waals surface area contributed by atoms with Crippen molar-refractivity contribution >= 4 is 23.6 Å². The van der Waals surface area contributed by atoms with Gasteiger partial charge in [0, 0.05) is 24.0 Å². The first-order chi connectivity index (χ1) is 13.4. The lowest BCUT2D eigenvalue weighted by Crippen LogP contribution is -2.48. The second kappa shape index (κ2) is 8.17. The number of benzene rings is 2. The summed E-state index contributed by atoms with van der Waals surface area (Å²) in [5.41, 5.74) is 5.36. The molecule has 0 saturated heterocycles. The molecule has 1 heterocycles. The first-order valence-electron chi connectivity index (χ1n) is 10.1. The van der Waals surface area contributed by atoms with Crippen molar-refractivity contribution in [2.24, 2.45) is 4.99 Å². The first kappa shape index (κ1) is 20.1. The topological polar surface area (TPSA) is 41.9 Å². The van der Waals surface area contributed by atoms with Crippen LogP contribution < -0.4 is 4.90 Å². The van der Waals surface area contributed by atoms with Crippen LogP contribution in [0.5, 0.6) is 0 Å². The molecule has 28 heavy (non-hydrogen) atoms. The minimum Gasteiger partial charge on any atom is -0.462 e. The van der Waals surface area contributed by atoms with Gasteiger partial charge in [0.2, 0.25) is 0 Å². The van der Waals surface area contributed by atoms with E-state index in [1.807, 2.05) is 18.3 Å². The van der Waals surface area contributed by atoms with Gasteiger partial charge in [0.25, 0.3) is 0 Å². The summed E-state index contributed by atoms with van der Waals surface area (Å²) in [6.07, 6.45) is 3.03. The second-order valence-corrected chi connectivity index (χ2v) is 8.01. The smallest absolute Gasteiger partial charge is 0.338 e. The van der Waals surface area contributed by atoms with Crippen LogP contribution in [0.25, 0.3) is 0 Å². The van der Waals surface area contributed by atoms with Crippen LogP contribution in [0.15, 0.2) is 47.5 Å². The van der Waals surface area contributed by atoms with Gasteiger partial charge >= 0.3 is 5.97 Å². The van der Waals surface area contributed by atoms with Crippen LogP contribution in [-0.2, 0) is 4.74 Å². The summed E-state index contributed by atoms with van der Waals surface area (Å²) in [5.74, 6) is 0.218. The fourth-order valence-corrected chi connectivity index (χ4v) is 4.23. The summed E-state index contributed by atoms with van der Waals surface area (Å²) >= 11 is 0. The van der Waals surface area contributed by atoms with Crippen LogP contribution in [0.2, 0.25) is 0 Å². The zero-order valence-electron chi connectivity index (χ0n) is 17.5. The van der Waals surface area contributed by atoms with Gasteiger partial charge in [-0.05, 0) is 87.6 Å². The molecule has 0 saturated carbocycles. The van der Waals surface area contributed by atoms with Crippen molar-refractivity contribution in [3.63, 3.8) is 0 Å². The molecule has 3 rings (SSSR count). The van der Waals surface area contributed by atoms with E-state index >= 15 is 0 Å². The molecule has 4 nitrogen and oxygen atoms in total. The van der Waals surface area contributed by atoms with E-state index in [9.17, 15) is 4.79 Å². The van der Waals surface area contributed by atoms with Gasteiger partial charge in [0.05, 0.1) is 17.9 Å². The molecule has 1 aliphatic rings. The lowest BCUT2D eigenvalue weighted by Gasteiger charge is -2.47. The first-order valence-corrected chi connectivity index (χ1v) is 10.1. The Morgan fingerprint density at radius 2 is 1.93 bits per heavy atom. The van der Waals surface area contributed by atoms with Crippen molar-refractivity contribution in [2.45, 2.75) is 52.5 Å². The van der Waals surface area contributed by atoms with Gasteiger partial charge < -0.3 is 9.64 Å². The van der Waals surface area contributed by atoms with Gasteiger partial charge in [0.15, 0.2) is 0 Å². The highest BCUT2D eigenvalue weighted by atomic mass is 16.5. The van der Waals surface area contributed by atoms with Crippen molar-refractivity contribution in [1.82, 2.24) is 0 Å². The fourth-order valence-electron chi connectivity index (χ4n) is 4.23. The number of carbonyl (C=O) groups excluding carboxylic acids is 1. The molecule has 1 aliphatic heterocycles. The van der Waals surface area contributed by atoms with E-state index in [-0.39, 0.29) is 11.5 Å². The highest BCUT2D eigenvalue weighted by Crippen LogP contribution is 2.43. The molecule has 0 spiro atoms. The summed E-state index contributed by atoms with van der Waals surface area (Å²) in [4.78, 5) is 18.8. The third kappa shape index (κ3) is 4.11. The molecule has 0 aromatic heterocycles. The van der Waals surface area contributed by atoms with Crippen LogP contribution >= 0.6 is 0 Å². The number of hydrogen-bond donors (Lipinski definition) is 0. The van der Waals surface area contributed by atoms with Crippen molar-refractivity contribution in [1.29, 1.82) is 0 Å². The number of aliphatic imine (C=N–C) groups is 1. The minimum atomic E-state index is -0.301. The molecule has 0 radical (unpaired) electrons. The number of hydrogen-bond acceptors (Lipinski definition) is 4. The molecule has 2 aromatic rings. The molecule has 148 valence electrons. The maximum atomic E-state index is 11.7. The Morgan fingerprint density at radius 3 is 2.57 bits per heavy atom. The molecule has 0 bridgehead atoms. The Bertz CT molecular complexity index is 869. The number of fused-ring (bicyclic) bond motifs is 1. The van der Waals surface area contributed by atoms with Crippen molar-refractivity contribution in [3.8, 4) is 0 Å². The third-order valence-electron chi connectivity index (χ3n) is 5.47. The minimum absolute atomic E-state index is 0.178. The second-order valence-electron chi connectivity index (χ2n) is 8.01. The number of rotatable bonds is 5. The number of carbonyl (C=O) groups is 1. The molecule has 4 heteroatoms. The van der Waals surface area contributed by atoms with E-state index in [0.29, 0.717) is 18.1 Å². The summed E-state index contributed by atoms with van der Waals surface area (Å²) in [6.45, 7) is 12.4. The number of ether oxygens (including phenoxy) is 1. The molecule has 0 fully saturated rings. The average Bonchev–Trinajstić information content (AvgIpc) is 2.67. The van der Waals surface area contributed by atoms with Crippen LogP contribution in [-0.4, -0.2) is 30.9 Å². The number of nitrogens with zero attached hydrogens (tertiary/aromatic N) is 2. The van der Waals surface area contributed by atoms with Gasteiger partial charge in [-0.2, -0.15) is 0 Å². The standard InChI is InChI=1S/C24H30N2O2/c1-6-26-22-13-8-18(14-21(22)17(3)15-24(26,4)5)16-25-20-11-9-19(10-12-20)23(27)28-7-2/h8-14,16-17H,6-7,15H2,1-5H3. The maximum absolute atomic E-state index is 11.7. The largest absolute Gasteiger partial charge is 0.462 e. The maximum Gasteiger partial charge on any atom is 0.338 e. The molecule has 2 aromatic carbocycles. The molecule has 0 aliphatic carbocycles. The van der Waals surface area contributed by atoms with E-state index in [0.717, 1.165) is 24.2 Å². The summed E-state index contributed by atoms with van der Waals surface area (Å²) in [7, 11) is 0. The van der Waals surface area contributed by atoms with E-state index in [1.165, 1.54) is 11.3 Å². The van der Waals surface area contributed by atoms with Crippen LogP contribution in [0.1, 0.15) is 68.4 Å². The van der Waals surface area contributed by atoms with Gasteiger partial charge in [-0.3, -0.25) is 4.99 Å². The van der Waals surface area contributed by atoms with Crippen molar-refractivity contribution in [2.75, 3.05) is 18.1 Å². The Hall–Kier alpha value is -2.62. The molecule has 0 amide bonds. The predicted octanol–water partition coefficient (Wildman–Crippen LogP) is 5.73. The van der Waals surface area contributed by atoms with Crippen molar-refractivity contribution in [3.05, 3.63) is 59.2 Å². The lowest BCUT2D eigenvalue weighted by atomic mass is 9.79. The highest BCUT2D eigenvalue weighted by molar-refractivity contribution is 5.90. The van der Waals surface area contributed by atoms with Gasteiger partial charge in [-0.15, -0.1) is 0 Å². The number of anilines is 1. The number of esters is 1. The van der Waals surface area contributed by atoms with E-state index in [2.05, 4.69) is 55.8 Å². The normalized spacial score (nSPS) is 18.2. The summed E-state index contributed by atoms with van der Waals surface area (Å²) in [5, 5.41) is 0. The highest BCUT2D eigenvalue weighted by Gasteiger charge is 2.35. The molecular weight excluding hydrogens is 348 g/mol. The quantitative estimate of drug-likeness (QED) is 0.493. The fraction of sp³-hybridized carbons (Fsp3) is 0.417. The Morgan fingerprint density at radius 1 is 1.21 bits per heavy atom. The molecular formula is C24H30N2O2. The van der Waals surface area contributed by atoms with Gasteiger partial charge in [-0.25, -0.2) is 4.79 Å². The Balaban J connectivity index is 1.81. The Kier molecular flexibility index (Phi) is 5.87. The predicted molar refractivity (Wildman–Crippen MR) is 116 cm³/mol. The third-order valence-corrected chi connectivity index (χ3v) is 5.47. The molecule has 1 atom stereocenters. The zero-order chi connectivity index (χ0) is 20.3. The monoisotopic (exact) mass is 378 g/mol. The summed E-state index contributed by atoms with van der Waals surface area (Å²) in [6, 6.07) is 13.8. The van der Waals surface area contributed by atoms with Gasteiger partial charge in [-0.1, -0.05) is 13.0 Å². The average molecular weight is 379 g/mol. The van der Waals surface area contributed by atoms with Crippen LogP contribution in [0.3, 0.4) is 0 Å². The zero-order valence-corrected chi connectivity index (χ0v) is 17.5. The Labute approximate surface area is 168 Å². The van der Waals surface area contributed by atoms with Crippen LogP contribution in [0, 0.1) is 0 Å². The SMILES string of the molecule is CCOC(=O)c1ccc(N=Cc2ccc3c(c2)C(C)CC(C)(C)N3CC)cc1.